The summed E-state index contributed by atoms with van der Waals surface area (Å²) in [5.74, 6) is -1.87. The van der Waals surface area contributed by atoms with Crippen LogP contribution in [-0.4, -0.2) is 30.4 Å². The van der Waals surface area contributed by atoms with E-state index in [2.05, 4.69) is 5.32 Å². The van der Waals surface area contributed by atoms with Crippen LogP contribution in [0.2, 0.25) is 0 Å². The summed E-state index contributed by atoms with van der Waals surface area (Å²) < 4.78 is 26.5. The van der Waals surface area contributed by atoms with Gasteiger partial charge in [-0.05, 0) is 45.0 Å². The van der Waals surface area contributed by atoms with Crippen molar-refractivity contribution in [2.24, 2.45) is 0 Å². The number of nitrogens with one attached hydrogen (secondary N) is 1. The van der Waals surface area contributed by atoms with Crippen molar-refractivity contribution in [1.29, 1.82) is 0 Å². The molecule has 0 aromatic heterocycles. The van der Waals surface area contributed by atoms with Gasteiger partial charge in [0.05, 0.1) is 12.1 Å². The molecule has 1 saturated heterocycles. The number of carbonyl (C=O) groups is 1. The van der Waals surface area contributed by atoms with Crippen LogP contribution in [0.5, 0.6) is 0 Å². The van der Waals surface area contributed by atoms with Crippen LogP contribution in [0.15, 0.2) is 29.8 Å². The van der Waals surface area contributed by atoms with Gasteiger partial charge >= 0.3 is 0 Å². The Labute approximate surface area is 123 Å². The van der Waals surface area contributed by atoms with Gasteiger partial charge in [-0.3, -0.25) is 9.69 Å². The number of nitrogens with zero attached hydrogens (tertiary/aromatic N) is 1. The number of amides is 1. The third-order valence-corrected chi connectivity index (χ3v) is 3.68. The van der Waals surface area contributed by atoms with E-state index in [1.165, 1.54) is 6.07 Å². The molecule has 5 heteroatoms. The first kappa shape index (κ1) is 15.6. The molecule has 0 spiro atoms. The highest BCUT2D eigenvalue weighted by Crippen LogP contribution is 2.31. The van der Waals surface area contributed by atoms with Crippen molar-refractivity contribution in [3.8, 4) is 0 Å². The van der Waals surface area contributed by atoms with Gasteiger partial charge in [-0.1, -0.05) is 11.6 Å². The fourth-order valence-electron chi connectivity index (χ4n) is 2.77. The molecule has 1 aliphatic heterocycles. The van der Waals surface area contributed by atoms with Gasteiger partial charge in [-0.2, -0.15) is 0 Å². The van der Waals surface area contributed by atoms with E-state index in [1.54, 1.807) is 12.1 Å². The summed E-state index contributed by atoms with van der Waals surface area (Å²) in [5, 5.41) is 2.95. The molecule has 0 aliphatic carbocycles. The van der Waals surface area contributed by atoms with E-state index in [0.717, 1.165) is 24.6 Å². The van der Waals surface area contributed by atoms with E-state index in [1.807, 2.05) is 25.8 Å². The molecule has 1 aromatic rings. The normalized spacial score (nSPS) is 22.1. The Hall–Kier alpha value is -1.75. The second-order valence-corrected chi connectivity index (χ2v) is 5.72. The lowest BCUT2D eigenvalue weighted by Gasteiger charge is -2.26. The number of hydrogen-bond acceptors (Lipinski definition) is 2. The second-order valence-electron chi connectivity index (χ2n) is 5.72. The number of likely N-dealkylation sites (N-methyl/N-ethyl adjacent to an activating group) is 1. The predicted octanol–water partition coefficient (Wildman–Crippen LogP) is 2.79. The molecule has 1 aromatic carbocycles. The molecule has 2 atom stereocenters. The minimum atomic E-state index is -0.859. The van der Waals surface area contributed by atoms with Crippen LogP contribution in [0.1, 0.15) is 31.9 Å². The van der Waals surface area contributed by atoms with E-state index in [9.17, 15) is 13.6 Å². The Morgan fingerprint density at radius 2 is 2.05 bits per heavy atom. The molecule has 21 heavy (non-hydrogen) atoms. The Morgan fingerprint density at radius 1 is 1.33 bits per heavy atom. The largest absolute Gasteiger partial charge is 0.348 e. The van der Waals surface area contributed by atoms with Crippen molar-refractivity contribution in [1.82, 2.24) is 10.2 Å². The van der Waals surface area contributed by atoms with Crippen LogP contribution in [0.3, 0.4) is 0 Å². The van der Waals surface area contributed by atoms with Gasteiger partial charge in [-0.15, -0.1) is 0 Å². The van der Waals surface area contributed by atoms with E-state index in [-0.39, 0.29) is 18.0 Å². The fourth-order valence-corrected chi connectivity index (χ4v) is 2.77. The van der Waals surface area contributed by atoms with Crippen LogP contribution in [-0.2, 0) is 4.79 Å². The molecule has 1 heterocycles. The molecule has 0 bridgehead atoms. The summed E-state index contributed by atoms with van der Waals surface area (Å²) in [6.07, 6.45) is 2.32. The average Bonchev–Trinajstić information content (AvgIpc) is 2.73. The maximum atomic E-state index is 13.4. The van der Waals surface area contributed by atoms with Crippen LogP contribution >= 0.6 is 0 Å². The Kier molecular flexibility index (Phi) is 4.73. The Balaban J connectivity index is 2.20. The molecule has 1 amide bonds. The third kappa shape index (κ3) is 3.67. The van der Waals surface area contributed by atoms with Gasteiger partial charge in [0.1, 0.15) is 0 Å². The number of hydrogen-bond donors (Lipinski definition) is 1. The molecule has 1 fully saturated rings. The van der Waals surface area contributed by atoms with Crippen molar-refractivity contribution >= 4 is 5.91 Å². The molecular weight excluding hydrogens is 274 g/mol. The molecule has 1 N–H and O–H groups in total. The lowest BCUT2D eigenvalue weighted by atomic mass is 10.00. The van der Waals surface area contributed by atoms with Crippen LogP contribution in [0, 0.1) is 11.6 Å². The van der Waals surface area contributed by atoms with Gasteiger partial charge in [-0.25, -0.2) is 8.78 Å². The lowest BCUT2D eigenvalue weighted by molar-refractivity contribution is -0.117. The van der Waals surface area contributed by atoms with Crippen LogP contribution in [0.4, 0.5) is 8.78 Å². The topological polar surface area (TPSA) is 32.3 Å². The number of allylic oxidation sites excluding steroid dienone is 1. The average molecular weight is 294 g/mol. The summed E-state index contributed by atoms with van der Waals surface area (Å²) in [4.78, 5) is 13.9. The Bertz CT molecular complexity index is 567. The maximum Gasteiger partial charge on any atom is 0.244 e. The summed E-state index contributed by atoms with van der Waals surface area (Å²) in [5.41, 5.74) is 1.60. The predicted molar refractivity (Wildman–Crippen MR) is 77.7 cm³/mol. The maximum absolute atomic E-state index is 13.4. The van der Waals surface area contributed by atoms with Crippen molar-refractivity contribution < 1.29 is 13.6 Å². The molecular formula is C16H20F2N2O. The molecule has 114 valence electrons. The van der Waals surface area contributed by atoms with Gasteiger partial charge < -0.3 is 5.32 Å². The highest BCUT2D eigenvalue weighted by molar-refractivity contribution is 5.88. The zero-order valence-corrected chi connectivity index (χ0v) is 12.5. The first-order chi connectivity index (χ1) is 9.88. The lowest BCUT2D eigenvalue weighted by Crippen LogP contribution is -2.38. The first-order valence-corrected chi connectivity index (χ1v) is 6.99. The smallest absolute Gasteiger partial charge is 0.244 e. The summed E-state index contributed by atoms with van der Waals surface area (Å²) in [7, 11) is 1.92. The number of carbonyl (C=O) groups excluding carboxylic acids is 1. The van der Waals surface area contributed by atoms with Crippen molar-refractivity contribution in [3.05, 3.63) is 47.0 Å². The van der Waals surface area contributed by atoms with Gasteiger partial charge in [0.2, 0.25) is 5.91 Å². The minimum Gasteiger partial charge on any atom is -0.348 e. The summed E-state index contributed by atoms with van der Waals surface area (Å²) in [6, 6.07) is 3.66. The van der Waals surface area contributed by atoms with Gasteiger partial charge in [0.15, 0.2) is 11.6 Å². The van der Waals surface area contributed by atoms with Crippen LogP contribution < -0.4 is 5.32 Å². The number of likely N-dealkylation sites (tertiary alicyclic amines) is 1. The van der Waals surface area contributed by atoms with Gasteiger partial charge in [0.25, 0.3) is 0 Å². The summed E-state index contributed by atoms with van der Waals surface area (Å²) in [6.45, 7) is 4.50. The highest BCUT2D eigenvalue weighted by Gasteiger charge is 2.34. The van der Waals surface area contributed by atoms with Crippen molar-refractivity contribution in [3.63, 3.8) is 0 Å². The first-order valence-electron chi connectivity index (χ1n) is 6.99. The van der Waals surface area contributed by atoms with Crippen LogP contribution in [0.25, 0.3) is 0 Å². The molecule has 0 radical (unpaired) electrons. The highest BCUT2D eigenvalue weighted by atomic mass is 19.2. The fraction of sp³-hybridized carbons (Fsp3) is 0.438. The standard InChI is InChI=1S/C16H20F2N2O/c1-10(2)8-15(21)19-14-6-7-20(3)16(14)11-4-5-12(17)13(18)9-11/h4-5,8-9,14,16H,6-7H2,1-3H3,(H,19,21)/t14-,16+/m1/s1. The SMILES string of the molecule is CC(C)=CC(=O)N[C@@H]1CCN(C)[C@H]1c1ccc(F)c(F)c1. The molecule has 3 nitrogen and oxygen atoms in total. The Morgan fingerprint density at radius 3 is 2.67 bits per heavy atom. The van der Waals surface area contributed by atoms with Crippen molar-refractivity contribution in [2.45, 2.75) is 32.4 Å². The van der Waals surface area contributed by atoms with E-state index < -0.39 is 11.6 Å². The number of benzene rings is 1. The number of rotatable bonds is 3. The quantitative estimate of drug-likeness (QED) is 0.869. The molecule has 1 aliphatic rings. The van der Waals surface area contributed by atoms with E-state index >= 15 is 0 Å². The third-order valence-electron chi connectivity index (χ3n) is 3.68. The zero-order chi connectivity index (χ0) is 15.6. The second kappa shape index (κ2) is 6.35. The minimum absolute atomic E-state index is 0.108. The zero-order valence-electron chi connectivity index (χ0n) is 12.5. The molecule has 0 saturated carbocycles. The van der Waals surface area contributed by atoms with E-state index in [0.29, 0.717) is 5.56 Å². The van der Waals surface area contributed by atoms with Crippen molar-refractivity contribution in [2.75, 3.05) is 13.6 Å². The molecule has 2 rings (SSSR count). The molecule has 0 unspecified atom stereocenters. The number of halogens is 2. The van der Waals surface area contributed by atoms with Gasteiger partial charge in [0, 0.05) is 12.6 Å². The van der Waals surface area contributed by atoms with E-state index in [4.69, 9.17) is 0 Å². The monoisotopic (exact) mass is 294 g/mol. The summed E-state index contributed by atoms with van der Waals surface area (Å²) >= 11 is 0.